The fraction of sp³-hybridized carbons (Fsp3) is 0.500. The molecule has 0 aromatic rings. The van der Waals surface area contributed by atoms with E-state index in [-0.39, 0.29) is 0 Å². The van der Waals surface area contributed by atoms with Crippen molar-refractivity contribution in [1.82, 2.24) is 0 Å². The van der Waals surface area contributed by atoms with Gasteiger partial charge in [0.25, 0.3) is 0 Å². The van der Waals surface area contributed by atoms with E-state index in [1.807, 2.05) is 0 Å². The highest BCUT2D eigenvalue weighted by Crippen LogP contribution is 2.25. The number of sulfonamides is 1. The van der Waals surface area contributed by atoms with Gasteiger partial charge < -0.3 is 5.73 Å². The Hall–Kier alpha value is -0.880. The third-order valence-electron chi connectivity index (χ3n) is 0.790. The highest BCUT2D eigenvalue weighted by Gasteiger charge is 2.47. The Morgan fingerprint density at radius 3 is 1.79 bits per heavy atom. The smallest absolute Gasteiger partial charge is 0.357 e. The van der Waals surface area contributed by atoms with Crippen molar-refractivity contribution in [2.24, 2.45) is 14.6 Å². The van der Waals surface area contributed by atoms with E-state index in [4.69, 9.17) is 0 Å². The Balaban J connectivity index is 5.67. The van der Waals surface area contributed by atoms with Crippen molar-refractivity contribution in [2.45, 2.75) is 5.51 Å². The van der Waals surface area contributed by atoms with Gasteiger partial charge in [0.1, 0.15) is 0 Å². The molecule has 0 heterocycles. The topological polar surface area (TPSA) is 133 Å². The number of primary amides is 1. The van der Waals surface area contributed by atoms with Crippen LogP contribution < -0.4 is 10.9 Å². The van der Waals surface area contributed by atoms with Crippen molar-refractivity contribution in [3.8, 4) is 0 Å². The summed E-state index contributed by atoms with van der Waals surface area (Å²) in [6, 6.07) is 0. The molecule has 84 valence electrons. The van der Waals surface area contributed by atoms with Gasteiger partial charge in [-0.05, 0) is 0 Å². The summed E-state index contributed by atoms with van der Waals surface area (Å²) in [4.78, 5) is 10.1. The molecular formula is C2H4F3N3O4S2. The predicted octanol–water partition coefficient (Wildman–Crippen LogP) is -0.744. The maximum atomic E-state index is 11.6. The van der Waals surface area contributed by atoms with Crippen molar-refractivity contribution in [2.75, 3.05) is 0 Å². The quantitative estimate of drug-likeness (QED) is 0.638. The molecule has 0 spiro atoms. The Kier molecular flexibility index (Phi) is 3.15. The summed E-state index contributed by atoms with van der Waals surface area (Å²) >= 11 is 0. The molecular weight excluding hydrogens is 251 g/mol. The molecule has 14 heavy (non-hydrogen) atoms. The number of hydrogen-bond donors (Lipinski definition) is 2. The van der Waals surface area contributed by atoms with Crippen LogP contribution in [0.5, 0.6) is 0 Å². The van der Waals surface area contributed by atoms with Gasteiger partial charge in [-0.2, -0.15) is 21.6 Å². The first-order chi connectivity index (χ1) is 5.90. The first kappa shape index (κ1) is 13.1. The Bertz CT molecular complexity index is 455. The van der Waals surface area contributed by atoms with Crippen LogP contribution in [0.25, 0.3) is 0 Å². The van der Waals surface area contributed by atoms with E-state index in [1.54, 1.807) is 3.77 Å². The van der Waals surface area contributed by atoms with Gasteiger partial charge in [-0.25, -0.2) is 9.35 Å². The third kappa shape index (κ3) is 2.81. The number of halogens is 3. The molecule has 0 aromatic carbocycles. The minimum Gasteiger partial charge on any atom is -0.357 e. The zero-order valence-corrected chi connectivity index (χ0v) is 7.82. The van der Waals surface area contributed by atoms with E-state index in [9.17, 15) is 30.6 Å². The second-order valence-corrected chi connectivity index (χ2v) is 5.43. The Labute approximate surface area is 76.6 Å². The summed E-state index contributed by atoms with van der Waals surface area (Å²) < 4.78 is 67.6. The van der Waals surface area contributed by atoms with Gasteiger partial charge in [-0.15, -0.1) is 0 Å². The van der Waals surface area contributed by atoms with E-state index in [2.05, 4.69) is 10.9 Å². The average Bonchev–Trinajstić information content (AvgIpc) is 1.80. The van der Waals surface area contributed by atoms with Crippen LogP contribution in [0.3, 0.4) is 0 Å². The molecule has 0 fully saturated rings. The molecule has 0 aromatic heterocycles. The summed E-state index contributed by atoms with van der Waals surface area (Å²) in [5.74, 6) is 0. The van der Waals surface area contributed by atoms with Gasteiger partial charge in [0.2, 0.25) is 9.92 Å². The lowest BCUT2D eigenvalue weighted by Crippen LogP contribution is -2.32. The SMILES string of the molecule is NC(=O)S(N)(=O)=NS(=O)(=O)C(F)(F)F. The summed E-state index contributed by atoms with van der Waals surface area (Å²) in [5, 5.41) is 2.40. The van der Waals surface area contributed by atoms with Crippen LogP contribution >= 0.6 is 0 Å². The molecule has 4 N–H and O–H groups in total. The number of hydrogen-bond acceptors (Lipinski definition) is 4. The van der Waals surface area contributed by atoms with E-state index in [0.29, 0.717) is 0 Å². The Morgan fingerprint density at radius 2 is 1.57 bits per heavy atom. The van der Waals surface area contributed by atoms with Crippen LogP contribution in [0.2, 0.25) is 0 Å². The zero-order valence-electron chi connectivity index (χ0n) is 6.19. The van der Waals surface area contributed by atoms with E-state index in [0.717, 1.165) is 0 Å². The van der Waals surface area contributed by atoms with E-state index in [1.165, 1.54) is 0 Å². The van der Waals surface area contributed by atoms with Crippen molar-refractivity contribution in [1.29, 1.82) is 0 Å². The molecule has 7 nitrogen and oxygen atoms in total. The van der Waals surface area contributed by atoms with Crippen LogP contribution in [-0.4, -0.2) is 23.4 Å². The summed E-state index contributed by atoms with van der Waals surface area (Å²) in [7, 11) is -10.8. The van der Waals surface area contributed by atoms with Crippen LogP contribution in [0.15, 0.2) is 3.77 Å². The summed E-state index contributed by atoms with van der Waals surface area (Å²) in [6.07, 6.45) is 0. The molecule has 0 bridgehead atoms. The van der Waals surface area contributed by atoms with Gasteiger partial charge in [0.15, 0.2) is 0 Å². The minimum atomic E-state index is -6.08. The molecule has 0 saturated carbocycles. The minimum absolute atomic E-state index is 1.69. The molecule has 0 radical (unpaired) electrons. The predicted molar refractivity (Wildman–Crippen MR) is 39.3 cm³/mol. The highest BCUT2D eigenvalue weighted by atomic mass is 32.3. The van der Waals surface area contributed by atoms with Crippen LogP contribution in [-0.2, 0) is 19.9 Å². The first-order valence-corrected chi connectivity index (χ1v) is 5.59. The van der Waals surface area contributed by atoms with E-state index >= 15 is 0 Å². The number of alkyl halides is 3. The molecule has 0 aliphatic rings. The number of rotatable bonds is 1. The van der Waals surface area contributed by atoms with Crippen LogP contribution in [0, 0.1) is 0 Å². The standard InChI is InChI=1S/C2H4F3N3O4S2/c3-2(4,5)14(11,12)8-13(7,10)1(6)9/h(H2,6,9)(H2,7,8,10). The van der Waals surface area contributed by atoms with Crippen LogP contribution in [0.4, 0.5) is 18.0 Å². The van der Waals surface area contributed by atoms with Gasteiger partial charge in [-0.3, -0.25) is 4.79 Å². The Morgan fingerprint density at radius 1 is 1.21 bits per heavy atom. The van der Waals surface area contributed by atoms with Crippen molar-refractivity contribution in [3.63, 3.8) is 0 Å². The van der Waals surface area contributed by atoms with Gasteiger partial charge >= 0.3 is 20.8 Å². The highest BCUT2D eigenvalue weighted by molar-refractivity contribution is 8.11. The summed E-state index contributed by atoms with van der Waals surface area (Å²) in [6.45, 7) is 0. The second kappa shape index (κ2) is 3.36. The molecule has 0 rings (SSSR count). The maximum Gasteiger partial charge on any atom is 0.519 e. The van der Waals surface area contributed by atoms with Crippen molar-refractivity contribution in [3.05, 3.63) is 0 Å². The molecule has 0 aliphatic carbocycles. The second-order valence-electron chi connectivity index (χ2n) is 1.88. The normalized spacial score (nSPS) is 17.1. The lowest BCUT2D eigenvalue weighted by Gasteiger charge is -2.03. The fourth-order valence-electron chi connectivity index (χ4n) is 0.225. The van der Waals surface area contributed by atoms with Crippen LogP contribution in [0.1, 0.15) is 0 Å². The monoisotopic (exact) mass is 255 g/mol. The fourth-order valence-corrected chi connectivity index (χ4v) is 2.02. The largest absolute Gasteiger partial charge is 0.519 e. The maximum absolute atomic E-state index is 11.6. The molecule has 0 aliphatic heterocycles. The van der Waals surface area contributed by atoms with Crippen molar-refractivity contribution < 1.29 is 30.6 Å². The third-order valence-corrected chi connectivity index (χ3v) is 3.62. The molecule has 1 amide bonds. The molecule has 1 unspecified atom stereocenters. The lowest BCUT2D eigenvalue weighted by molar-refractivity contribution is -0.0434. The number of carbonyl (C=O) groups excluding carboxylic acids is 1. The number of nitrogens with zero attached hydrogens (tertiary/aromatic N) is 1. The number of carbonyl (C=O) groups is 1. The van der Waals surface area contributed by atoms with Crippen molar-refractivity contribution >= 4 is 25.2 Å². The first-order valence-electron chi connectivity index (χ1n) is 2.57. The lowest BCUT2D eigenvalue weighted by atomic mass is 11.5. The molecule has 12 heteroatoms. The van der Waals surface area contributed by atoms with Gasteiger partial charge in [-0.1, -0.05) is 3.77 Å². The van der Waals surface area contributed by atoms with Gasteiger partial charge in [0.05, 0.1) is 0 Å². The zero-order chi connectivity index (χ0) is 11.8. The number of amides is 1. The molecule has 1 atom stereocenters. The van der Waals surface area contributed by atoms with E-state index < -0.39 is 30.7 Å². The average molecular weight is 255 g/mol. The number of nitrogens with two attached hydrogens (primary N) is 2. The molecule has 0 saturated heterocycles. The van der Waals surface area contributed by atoms with Gasteiger partial charge in [0, 0.05) is 0 Å². The summed E-state index contributed by atoms with van der Waals surface area (Å²) in [5.41, 5.74) is -1.52.